The topological polar surface area (TPSA) is 160 Å². The second-order valence-electron chi connectivity index (χ2n) is 5.66. The summed E-state index contributed by atoms with van der Waals surface area (Å²) in [5, 5.41) is 29.9. The van der Waals surface area contributed by atoms with Crippen LogP contribution in [0, 0.1) is 21.4 Å². The van der Waals surface area contributed by atoms with Crippen LogP contribution in [0.3, 0.4) is 0 Å². The summed E-state index contributed by atoms with van der Waals surface area (Å²) in [6.07, 6.45) is 5.55. The fourth-order valence-corrected chi connectivity index (χ4v) is 2.70. The molecule has 2 aromatic heterocycles. The zero-order chi connectivity index (χ0) is 17.9. The van der Waals surface area contributed by atoms with E-state index in [4.69, 9.17) is 0 Å². The summed E-state index contributed by atoms with van der Waals surface area (Å²) < 4.78 is 1.09. The maximum atomic E-state index is 10.7. The van der Waals surface area contributed by atoms with E-state index in [1.54, 1.807) is 7.05 Å². The van der Waals surface area contributed by atoms with E-state index >= 15 is 0 Å². The Morgan fingerprint density at radius 1 is 1.28 bits per heavy atom. The highest BCUT2D eigenvalue weighted by Crippen LogP contribution is 2.30. The number of hydrogen-bond donors (Lipinski definition) is 2. The number of nitro groups is 1. The Labute approximate surface area is 142 Å². The van der Waals surface area contributed by atoms with Gasteiger partial charge in [0.2, 0.25) is 18.2 Å². The molecule has 130 valence electrons. The molecule has 0 radical (unpaired) electrons. The van der Waals surface area contributed by atoms with Crippen LogP contribution in [-0.2, 0) is 0 Å². The second-order valence-corrected chi connectivity index (χ2v) is 5.66. The Hall–Kier alpha value is -3.36. The molecule has 12 nitrogen and oxygen atoms in total. The van der Waals surface area contributed by atoms with Gasteiger partial charge >= 0.3 is 5.95 Å². The molecule has 1 saturated carbocycles. The SMILES string of the molecule is CNc1nc(NC2(C#N)CCCCC2)nc(-n2cnc([N+](=O)[O-])n2)n1. The van der Waals surface area contributed by atoms with Gasteiger partial charge in [-0.15, -0.1) is 4.68 Å². The van der Waals surface area contributed by atoms with Gasteiger partial charge in [0.05, 0.1) is 6.07 Å². The van der Waals surface area contributed by atoms with Crippen LogP contribution >= 0.6 is 0 Å². The van der Waals surface area contributed by atoms with Gasteiger partial charge in [-0.3, -0.25) is 0 Å². The van der Waals surface area contributed by atoms with Gasteiger partial charge < -0.3 is 20.7 Å². The Morgan fingerprint density at radius 3 is 2.60 bits per heavy atom. The fourth-order valence-electron chi connectivity index (χ4n) is 2.70. The third-order valence-electron chi connectivity index (χ3n) is 3.97. The Bertz CT molecular complexity index is 820. The summed E-state index contributed by atoms with van der Waals surface area (Å²) in [5.74, 6) is -0.0430. The zero-order valence-corrected chi connectivity index (χ0v) is 13.5. The lowest BCUT2D eigenvalue weighted by Gasteiger charge is -2.31. The quantitative estimate of drug-likeness (QED) is 0.592. The number of nitriles is 1. The van der Waals surface area contributed by atoms with Crippen LogP contribution in [0.2, 0.25) is 0 Å². The van der Waals surface area contributed by atoms with E-state index in [1.807, 2.05) is 0 Å². The van der Waals surface area contributed by atoms with E-state index in [2.05, 4.69) is 41.7 Å². The molecule has 2 aromatic rings. The van der Waals surface area contributed by atoms with Gasteiger partial charge in [0.25, 0.3) is 5.95 Å². The molecule has 0 unspecified atom stereocenters. The first kappa shape index (κ1) is 16.5. The van der Waals surface area contributed by atoms with Gasteiger partial charge in [0.15, 0.2) is 0 Å². The van der Waals surface area contributed by atoms with Crippen LogP contribution in [0.1, 0.15) is 32.1 Å². The van der Waals surface area contributed by atoms with Crippen molar-refractivity contribution >= 4 is 17.8 Å². The van der Waals surface area contributed by atoms with Crippen molar-refractivity contribution in [1.29, 1.82) is 5.26 Å². The molecule has 2 N–H and O–H groups in total. The van der Waals surface area contributed by atoms with Crippen LogP contribution in [0.25, 0.3) is 5.95 Å². The molecule has 2 heterocycles. The highest BCUT2D eigenvalue weighted by Gasteiger charge is 2.33. The molecular formula is C13H16N10O2. The molecule has 0 bridgehead atoms. The van der Waals surface area contributed by atoms with Gasteiger partial charge in [0.1, 0.15) is 5.54 Å². The van der Waals surface area contributed by atoms with Gasteiger partial charge in [-0.05, 0) is 17.8 Å². The predicted molar refractivity (Wildman–Crippen MR) is 86.0 cm³/mol. The first-order valence-corrected chi connectivity index (χ1v) is 7.75. The molecule has 0 saturated heterocycles. The number of anilines is 2. The third-order valence-corrected chi connectivity index (χ3v) is 3.97. The normalized spacial score (nSPS) is 16.0. The Morgan fingerprint density at radius 2 is 2.00 bits per heavy atom. The lowest BCUT2D eigenvalue weighted by molar-refractivity contribution is -0.394. The molecule has 1 aliphatic rings. The van der Waals surface area contributed by atoms with Crippen molar-refractivity contribution in [3.8, 4) is 12.0 Å². The van der Waals surface area contributed by atoms with Crippen LogP contribution < -0.4 is 10.6 Å². The van der Waals surface area contributed by atoms with Crippen LogP contribution in [0.4, 0.5) is 17.8 Å². The highest BCUT2D eigenvalue weighted by atomic mass is 16.6. The molecule has 0 amide bonds. The summed E-state index contributed by atoms with van der Waals surface area (Å²) in [6, 6.07) is 2.33. The van der Waals surface area contributed by atoms with Crippen LogP contribution in [0.15, 0.2) is 6.33 Å². The van der Waals surface area contributed by atoms with Crippen molar-refractivity contribution in [3.63, 3.8) is 0 Å². The van der Waals surface area contributed by atoms with E-state index in [9.17, 15) is 15.4 Å². The number of nitrogens with zero attached hydrogens (tertiary/aromatic N) is 8. The van der Waals surface area contributed by atoms with Gasteiger partial charge in [-0.2, -0.15) is 20.2 Å². The molecular weight excluding hydrogens is 328 g/mol. The average molecular weight is 344 g/mol. The lowest BCUT2D eigenvalue weighted by Crippen LogP contribution is -2.39. The second kappa shape index (κ2) is 6.63. The smallest absolute Gasteiger partial charge is 0.390 e. The van der Waals surface area contributed by atoms with Crippen molar-refractivity contribution in [2.45, 2.75) is 37.6 Å². The summed E-state index contributed by atoms with van der Waals surface area (Å²) >= 11 is 0. The molecule has 3 rings (SSSR count). The predicted octanol–water partition coefficient (Wildman–Crippen LogP) is 1.04. The fraction of sp³-hybridized carbons (Fsp3) is 0.538. The molecule has 0 spiro atoms. The van der Waals surface area contributed by atoms with Crippen LogP contribution in [0.5, 0.6) is 0 Å². The maximum Gasteiger partial charge on any atom is 0.491 e. The largest absolute Gasteiger partial charge is 0.491 e. The zero-order valence-electron chi connectivity index (χ0n) is 13.5. The lowest BCUT2D eigenvalue weighted by atomic mass is 9.83. The molecule has 0 aliphatic heterocycles. The molecule has 12 heteroatoms. The molecule has 1 aliphatic carbocycles. The number of hydrogen-bond acceptors (Lipinski definition) is 10. The maximum absolute atomic E-state index is 10.7. The van der Waals surface area contributed by atoms with E-state index in [-0.39, 0.29) is 17.8 Å². The summed E-state index contributed by atoms with van der Waals surface area (Å²) in [4.78, 5) is 26.2. The van der Waals surface area contributed by atoms with E-state index in [0.29, 0.717) is 12.8 Å². The van der Waals surface area contributed by atoms with E-state index in [1.165, 1.54) is 0 Å². The number of rotatable bonds is 5. The van der Waals surface area contributed by atoms with Crippen LogP contribution in [-0.4, -0.2) is 47.2 Å². The van der Waals surface area contributed by atoms with Crippen molar-refractivity contribution in [3.05, 3.63) is 16.4 Å². The molecule has 25 heavy (non-hydrogen) atoms. The monoisotopic (exact) mass is 344 g/mol. The highest BCUT2D eigenvalue weighted by molar-refractivity contribution is 5.41. The summed E-state index contributed by atoms with van der Waals surface area (Å²) in [6.45, 7) is 0. The minimum Gasteiger partial charge on any atom is -0.390 e. The average Bonchev–Trinajstić information content (AvgIpc) is 3.13. The summed E-state index contributed by atoms with van der Waals surface area (Å²) in [5.41, 5.74) is -0.726. The van der Waals surface area contributed by atoms with Crippen molar-refractivity contribution in [2.75, 3.05) is 17.7 Å². The molecule has 1 fully saturated rings. The standard InChI is InChI=1S/C13H16N10O2/c1-15-9-17-10(20-13(7-14)5-3-2-4-6-13)19-12(18-9)22-8-16-11(21-22)23(24)25/h8H,2-6H2,1H3,(H2,15,17,18,19,20). The minimum atomic E-state index is -0.726. The van der Waals surface area contributed by atoms with Gasteiger partial charge in [-0.25, -0.2) is 0 Å². The van der Waals surface area contributed by atoms with E-state index in [0.717, 1.165) is 30.3 Å². The molecule has 0 aromatic carbocycles. The van der Waals surface area contributed by atoms with Crippen molar-refractivity contribution in [1.82, 2.24) is 29.7 Å². The van der Waals surface area contributed by atoms with E-state index < -0.39 is 16.4 Å². The first-order valence-electron chi connectivity index (χ1n) is 7.75. The van der Waals surface area contributed by atoms with Crippen molar-refractivity contribution < 1.29 is 4.92 Å². The third kappa shape index (κ3) is 3.44. The molecule has 0 atom stereocenters. The van der Waals surface area contributed by atoms with Crippen molar-refractivity contribution in [2.24, 2.45) is 0 Å². The summed E-state index contributed by atoms with van der Waals surface area (Å²) in [7, 11) is 1.63. The number of aromatic nitrogens is 6. The first-order chi connectivity index (χ1) is 12.0. The van der Waals surface area contributed by atoms with Gasteiger partial charge in [0, 0.05) is 12.1 Å². The van der Waals surface area contributed by atoms with Gasteiger partial charge in [-0.1, -0.05) is 24.2 Å². The minimum absolute atomic E-state index is 0.0614. The Balaban J connectivity index is 1.94. The Kier molecular flexibility index (Phi) is 4.38. The number of nitrogens with one attached hydrogen (secondary N) is 2.